The minimum atomic E-state index is 0.467. The molecular formula is C17H30N2S. The molecule has 0 aromatic carbocycles. The first-order valence-corrected chi connectivity index (χ1v) is 9.27. The molecule has 0 spiro atoms. The second-order valence-electron chi connectivity index (χ2n) is 6.13. The zero-order valence-electron chi connectivity index (χ0n) is 12.9. The molecule has 3 heteroatoms. The van der Waals surface area contributed by atoms with E-state index in [2.05, 4.69) is 23.8 Å². The van der Waals surface area contributed by atoms with Crippen LogP contribution in [0.3, 0.4) is 0 Å². The highest BCUT2D eigenvalue weighted by atomic mass is 32.1. The molecule has 0 saturated heterocycles. The molecule has 1 aromatic rings. The van der Waals surface area contributed by atoms with Crippen LogP contribution >= 0.6 is 11.3 Å². The highest BCUT2D eigenvalue weighted by Crippen LogP contribution is 2.38. The van der Waals surface area contributed by atoms with Crippen LogP contribution in [0.1, 0.15) is 81.1 Å². The van der Waals surface area contributed by atoms with Crippen molar-refractivity contribution in [1.82, 2.24) is 5.43 Å². The second-order valence-corrected chi connectivity index (χ2v) is 7.13. The van der Waals surface area contributed by atoms with E-state index in [1.807, 2.05) is 11.3 Å². The smallest absolute Gasteiger partial charge is 0.0279 e. The number of nitrogens with one attached hydrogen (secondary N) is 1. The standard InChI is InChI=1S/C17H30N2S/c1-2-3-4-5-6-7-10-16(19-18)14-9-8-11-17-15(14)12-13-20-17/h12-14,16,19H,2-11,18H2,1H3. The molecule has 2 unspecified atom stereocenters. The number of aryl methyl sites for hydroxylation is 1. The largest absolute Gasteiger partial charge is 0.271 e. The van der Waals surface area contributed by atoms with Crippen molar-refractivity contribution < 1.29 is 0 Å². The van der Waals surface area contributed by atoms with E-state index < -0.39 is 0 Å². The summed E-state index contributed by atoms with van der Waals surface area (Å²) in [7, 11) is 0. The van der Waals surface area contributed by atoms with Gasteiger partial charge in [0.25, 0.3) is 0 Å². The van der Waals surface area contributed by atoms with Gasteiger partial charge in [0.15, 0.2) is 0 Å². The number of hydrogen-bond acceptors (Lipinski definition) is 3. The molecule has 0 amide bonds. The van der Waals surface area contributed by atoms with E-state index in [4.69, 9.17) is 5.84 Å². The lowest BCUT2D eigenvalue weighted by Crippen LogP contribution is -2.40. The van der Waals surface area contributed by atoms with Crippen molar-refractivity contribution in [3.63, 3.8) is 0 Å². The predicted octanol–water partition coefficient (Wildman–Crippen LogP) is 4.75. The van der Waals surface area contributed by atoms with Gasteiger partial charge in [0.05, 0.1) is 0 Å². The second kappa shape index (κ2) is 8.81. The third-order valence-electron chi connectivity index (χ3n) is 4.67. The van der Waals surface area contributed by atoms with Gasteiger partial charge in [-0.3, -0.25) is 11.3 Å². The molecule has 0 aliphatic heterocycles. The Morgan fingerprint density at radius 1 is 1.30 bits per heavy atom. The summed E-state index contributed by atoms with van der Waals surface area (Å²) in [5.41, 5.74) is 4.69. The van der Waals surface area contributed by atoms with Crippen molar-refractivity contribution >= 4 is 11.3 Å². The van der Waals surface area contributed by atoms with Crippen molar-refractivity contribution in [3.8, 4) is 0 Å². The minimum Gasteiger partial charge on any atom is -0.271 e. The van der Waals surface area contributed by atoms with E-state index in [-0.39, 0.29) is 0 Å². The molecule has 0 saturated carbocycles. The zero-order chi connectivity index (χ0) is 14.2. The molecule has 3 N–H and O–H groups in total. The lowest BCUT2D eigenvalue weighted by molar-refractivity contribution is 0.367. The van der Waals surface area contributed by atoms with Crippen LogP contribution < -0.4 is 11.3 Å². The van der Waals surface area contributed by atoms with Gasteiger partial charge in [-0.15, -0.1) is 11.3 Å². The summed E-state index contributed by atoms with van der Waals surface area (Å²) in [5, 5.41) is 2.25. The summed E-state index contributed by atoms with van der Waals surface area (Å²) in [6, 6.07) is 2.80. The molecule has 2 rings (SSSR count). The van der Waals surface area contributed by atoms with Crippen LogP contribution in [0.2, 0.25) is 0 Å². The third-order valence-corrected chi connectivity index (χ3v) is 5.66. The summed E-state index contributed by atoms with van der Waals surface area (Å²) < 4.78 is 0. The summed E-state index contributed by atoms with van der Waals surface area (Å²) >= 11 is 1.93. The first kappa shape index (κ1) is 16.0. The number of fused-ring (bicyclic) bond motifs is 1. The minimum absolute atomic E-state index is 0.467. The fourth-order valence-electron chi connectivity index (χ4n) is 3.49. The third kappa shape index (κ3) is 4.31. The first-order valence-electron chi connectivity index (χ1n) is 8.39. The van der Waals surface area contributed by atoms with Crippen LogP contribution in [-0.4, -0.2) is 6.04 Å². The summed E-state index contributed by atoms with van der Waals surface area (Å²) in [4.78, 5) is 1.60. The van der Waals surface area contributed by atoms with Crippen LogP contribution in [0.4, 0.5) is 0 Å². The Morgan fingerprint density at radius 3 is 2.90 bits per heavy atom. The van der Waals surface area contributed by atoms with E-state index in [0.717, 1.165) is 0 Å². The van der Waals surface area contributed by atoms with Crippen LogP contribution in [-0.2, 0) is 6.42 Å². The Labute approximate surface area is 128 Å². The quantitative estimate of drug-likeness (QED) is 0.392. The van der Waals surface area contributed by atoms with Crippen molar-refractivity contribution in [3.05, 3.63) is 21.9 Å². The highest BCUT2D eigenvalue weighted by molar-refractivity contribution is 7.10. The number of hydrogen-bond donors (Lipinski definition) is 2. The number of unbranched alkanes of at least 4 members (excludes halogenated alkanes) is 5. The van der Waals surface area contributed by atoms with Crippen molar-refractivity contribution in [2.75, 3.05) is 0 Å². The Bertz CT molecular complexity index is 375. The van der Waals surface area contributed by atoms with Gasteiger partial charge in [-0.1, -0.05) is 45.4 Å². The van der Waals surface area contributed by atoms with E-state index in [9.17, 15) is 0 Å². The lowest BCUT2D eigenvalue weighted by Gasteiger charge is -2.30. The molecule has 2 nitrogen and oxygen atoms in total. The molecule has 1 heterocycles. The van der Waals surface area contributed by atoms with Gasteiger partial charge in [0, 0.05) is 16.8 Å². The molecule has 20 heavy (non-hydrogen) atoms. The van der Waals surface area contributed by atoms with Crippen LogP contribution in [0.25, 0.3) is 0 Å². The van der Waals surface area contributed by atoms with Gasteiger partial charge in [0.2, 0.25) is 0 Å². The fourth-order valence-corrected chi connectivity index (χ4v) is 4.48. The average molecular weight is 295 g/mol. The van der Waals surface area contributed by atoms with Crippen LogP contribution in [0.15, 0.2) is 11.4 Å². The summed E-state index contributed by atoms with van der Waals surface area (Å²) in [6.07, 6.45) is 13.3. The van der Waals surface area contributed by atoms with Crippen LogP contribution in [0, 0.1) is 0 Å². The first-order chi connectivity index (χ1) is 9.86. The van der Waals surface area contributed by atoms with Gasteiger partial charge in [-0.05, 0) is 42.7 Å². The highest BCUT2D eigenvalue weighted by Gasteiger charge is 2.27. The van der Waals surface area contributed by atoms with Crippen molar-refractivity contribution in [2.45, 2.75) is 83.1 Å². The molecule has 0 bridgehead atoms. The molecule has 1 aliphatic carbocycles. The SMILES string of the molecule is CCCCCCCCC(NN)C1CCCc2sccc21. The summed E-state index contributed by atoms with van der Waals surface area (Å²) in [6.45, 7) is 2.27. The van der Waals surface area contributed by atoms with Gasteiger partial charge in [0.1, 0.15) is 0 Å². The molecule has 114 valence electrons. The molecule has 1 aromatic heterocycles. The predicted molar refractivity (Wildman–Crippen MR) is 89.1 cm³/mol. The molecule has 2 atom stereocenters. The number of rotatable bonds is 9. The Balaban J connectivity index is 1.78. The number of hydrazine groups is 1. The van der Waals surface area contributed by atoms with E-state index in [1.165, 1.54) is 64.2 Å². The topological polar surface area (TPSA) is 38.0 Å². The van der Waals surface area contributed by atoms with E-state index >= 15 is 0 Å². The summed E-state index contributed by atoms with van der Waals surface area (Å²) in [5.74, 6) is 6.49. The normalized spacial score (nSPS) is 19.8. The lowest BCUT2D eigenvalue weighted by atomic mass is 9.81. The van der Waals surface area contributed by atoms with E-state index in [1.54, 1.807) is 10.4 Å². The maximum absolute atomic E-state index is 5.85. The maximum atomic E-state index is 5.85. The number of thiophene rings is 1. The van der Waals surface area contributed by atoms with Gasteiger partial charge in [-0.25, -0.2) is 0 Å². The Hall–Kier alpha value is -0.380. The van der Waals surface area contributed by atoms with Crippen molar-refractivity contribution in [2.24, 2.45) is 5.84 Å². The van der Waals surface area contributed by atoms with Crippen LogP contribution in [0.5, 0.6) is 0 Å². The average Bonchev–Trinajstić information content (AvgIpc) is 2.95. The van der Waals surface area contributed by atoms with Gasteiger partial charge in [-0.2, -0.15) is 0 Å². The fraction of sp³-hybridized carbons (Fsp3) is 0.765. The molecule has 0 fully saturated rings. The van der Waals surface area contributed by atoms with Crippen molar-refractivity contribution in [1.29, 1.82) is 0 Å². The molecular weight excluding hydrogens is 264 g/mol. The van der Waals surface area contributed by atoms with E-state index in [0.29, 0.717) is 12.0 Å². The van der Waals surface area contributed by atoms with Gasteiger partial charge < -0.3 is 0 Å². The monoisotopic (exact) mass is 294 g/mol. The Kier molecular flexibility index (Phi) is 7.05. The Morgan fingerprint density at radius 2 is 2.10 bits per heavy atom. The number of nitrogens with two attached hydrogens (primary N) is 1. The molecule has 0 radical (unpaired) electrons. The zero-order valence-corrected chi connectivity index (χ0v) is 13.7. The molecule has 1 aliphatic rings. The van der Waals surface area contributed by atoms with Gasteiger partial charge >= 0.3 is 0 Å². The maximum Gasteiger partial charge on any atom is 0.0279 e.